The lowest BCUT2D eigenvalue weighted by molar-refractivity contribution is -0.115. The van der Waals surface area contributed by atoms with Crippen molar-refractivity contribution in [3.8, 4) is 0 Å². The van der Waals surface area contributed by atoms with Gasteiger partial charge in [-0.1, -0.05) is 18.2 Å². The fourth-order valence-corrected chi connectivity index (χ4v) is 4.42. The molecule has 4 N–H and O–H groups in total. The maximum absolute atomic E-state index is 13.8. The lowest BCUT2D eigenvalue weighted by atomic mass is 10.1. The molecule has 132 valence electrons. The van der Waals surface area contributed by atoms with Gasteiger partial charge < -0.3 is 16.4 Å². The van der Waals surface area contributed by atoms with Crippen molar-refractivity contribution in [3.05, 3.63) is 51.7 Å². The zero-order valence-corrected chi connectivity index (χ0v) is 14.7. The van der Waals surface area contributed by atoms with Gasteiger partial charge in [-0.15, -0.1) is 11.3 Å². The second-order valence-corrected chi connectivity index (χ2v) is 7.20. The quantitative estimate of drug-likeness (QED) is 0.740. The summed E-state index contributed by atoms with van der Waals surface area (Å²) in [7, 11) is 0. The van der Waals surface area contributed by atoms with Crippen molar-refractivity contribution in [2.24, 2.45) is 5.73 Å². The van der Waals surface area contributed by atoms with E-state index >= 15 is 0 Å². The Bertz CT molecular complexity index is 819. The van der Waals surface area contributed by atoms with Crippen LogP contribution in [-0.2, 0) is 17.6 Å². The molecule has 2 aromatic rings. The van der Waals surface area contributed by atoms with Crippen molar-refractivity contribution in [3.63, 3.8) is 0 Å². The number of rotatable bonds is 6. The predicted molar refractivity (Wildman–Crippen MR) is 96.3 cm³/mol. The molecule has 0 radical (unpaired) electrons. The molecule has 0 aliphatic heterocycles. The van der Waals surface area contributed by atoms with Gasteiger partial charge in [0.25, 0.3) is 5.91 Å². The van der Waals surface area contributed by atoms with Crippen molar-refractivity contribution < 1.29 is 14.0 Å². The molecule has 0 unspecified atom stereocenters. The van der Waals surface area contributed by atoms with Crippen LogP contribution in [0.25, 0.3) is 0 Å². The van der Waals surface area contributed by atoms with Gasteiger partial charge in [-0.05, 0) is 37.8 Å². The number of hydrogen-bond donors (Lipinski definition) is 3. The summed E-state index contributed by atoms with van der Waals surface area (Å²) in [6, 6.07) is 6.14. The topological polar surface area (TPSA) is 84.2 Å². The summed E-state index contributed by atoms with van der Waals surface area (Å²) >= 11 is 1.42. The summed E-state index contributed by atoms with van der Waals surface area (Å²) in [5.74, 6) is -1.11. The number of primary amides is 1. The molecule has 1 aromatic carbocycles. The molecule has 1 atom stereocenters. The second-order valence-electron chi connectivity index (χ2n) is 6.10. The molecular formula is C18H20FN3O2S. The smallest absolute Gasteiger partial charge is 0.251 e. The monoisotopic (exact) mass is 361 g/mol. The zero-order valence-electron chi connectivity index (χ0n) is 13.9. The zero-order chi connectivity index (χ0) is 18.0. The first-order valence-electron chi connectivity index (χ1n) is 8.19. The number of halogens is 1. The van der Waals surface area contributed by atoms with Crippen LogP contribution >= 0.6 is 11.3 Å². The number of carbonyl (C=O) groups excluding carboxylic acids is 2. The Labute approximate surface area is 149 Å². The molecule has 0 saturated heterocycles. The lowest BCUT2D eigenvalue weighted by Gasteiger charge is -2.15. The van der Waals surface area contributed by atoms with Crippen LogP contribution in [0.15, 0.2) is 24.3 Å². The fraction of sp³-hybridized carbons (Fsp3) is 0.333. The van der Waals surface area contributed by atoms with Gasteiger partial charge in [0.15, 0.2) is 0 Å². The molecule has 7 heteroatoms. The molecule has 25 heavy (non-hydrogen) atoms. The van der Waals surface area contributed by atoms with Gasteiger partial charge in [-0.3, -0.25) is 9.59 Å². The first-order valence-corrected chi connectivity index (χ1v) is 9.01. The van der Waals surface area contributed by atoms with Crippen LogP contribution in [0.4, 0.5) is 9.39 Å². The number of anilines is 1. The number of benzene rings is 1. The highest BCUT2D eigenvalue weighted by Crippen LogP contribution is 2.38. The van der Waals surface area contributed by atoms with E-state index < -0.39 is 5.91 Å². The van der Waals surface area contributed by atoms with Crippen molar-refractivity contribution in [2.75, 3.05) is 11.9 Å². The third-order valence-electron chi connectivity index (χ3n) is 4.36. The van der Waals surface area contributed by atoms with E-state index in [0.29, 0.717) is 16.1 Å². The minimum atomic E-state index is -0.512. The van der Waals surface area contributed by atoms with Gasteiger partial charge in [-0.2, -0.15) is 0 Å². The molecule has 1 aliphatic carbocycles. The van der Waals surface area contributed by atoms with E-state index in [1.807, 2.05) is 0 Å². The van der Waals surface area contributed by atoms with E-state index in [0.717, 1.165) is 29.7 Å². The van der Waals surface area contributed by atoms with E-state index in [-0.39, 0.29) is 24.3 Å². The lowest BCUT2D eigenvalue weighted by Crippen LogP contribution is -2.30. The average Bonchev–Trinajstić information content (AvgIpc) is 3.13. The van der Waals surface area contributed by atoms with E-state index in [9.17, 15) is 14.0 Å². The molecule has 2 amide bonds. The number of nitrogens with one attached hydrogen (secondary N) is 2. The van der Waals surface area contributed by atoms with E-state index in [1.165, 1.54) is 17.4 Å². The highest BCUT2D eigenvalue weighted by Gasteiger charge is 2.26. The number of amides is 2. The largest absolute Gasteiger partial charge is 0.365 e. The number of carbonyl (C=O) groups is 2. The SMILES string of the molecule is C[C@H](NCC(=O)Nc1sc2c(c1C(N)=O)CCC2)c1ccccc1F. The molecule has 5 nitrogen and oxygen atoms in total. The van der Waals surface area contributed by atoms with E-state index in [4.69, 9.17) is 5.73 Å². The van der Waals surface area contributed by atoms with Crippen molar-refractivity contribution in [1.29, 1.82) is 0 Å². The van der Waals surface area contributed by atoms with Crippen LogP contribution in [0, 0.1) is 5.82 Å². The Hall–Kier alpha value is -2.25. The highest BCUT2D eigenvalue weighted by molar-refractivity contribution is 7.17. The predicted octanol–water partition coefficient (Wildman–Crippen LogP) is 2.76. The summed E-state index contributed by atoms with van der Waals surface area (Å²) in [4.78, 5) is 25.1. The minimum Gasteiger partial charge on any atom is -0.365 e. The highest BCUT2D eigenvalue weighted by atomic mass is 32.1. The van der Waals surface area contributed by atoms with Crippen LogP contribution < -0.4 is 16.4 Å². The Morgan fingerprint density at radius 2 is 2.08 bits per heavy atom. The fourth-order valence-electron chi connectivity index (χ4n) is 3.11. The maximum atomic E-state index is 13.8. The molecule has 1 aromatic heterocycles. The van der Waals surface area contributed by atoms with E-state index in [2.05, 4.69) is 10.6 Å². The van der Waals surface area contributed by atoms with Crippen molar-refractivity contribution >= 4 is 28.2 Å². The summed E-state index contributed by atoms with van der Waals surface area (Å²) in [5, 5.41) is 6.28. The number of aryl methyl sites for hydroxylation is 1. The van der Waals surface area contributed by atoms with Crippen LogP contribution in [0.1, 0.15) is 45.7 Å². The average molecular weight is 361 g/mol. The van der Waals surface area contributed by atoms with Gasteiger partial charge in [0.2, 0.25) is 5.91 Å². The molecule has 0 bridgehead atoms. The number of fused-ring (bicyclic) bond motifs is 1. The Balaban J connectivity index is 1.64. The first kappa shape index (κ1) is 17.6. The Kier molecular flexibility index (Phi) is 5.15. The first-order chi connectivity index (χ1) is 12.0. The summed E-state index contributed by atoms with van der Waals surface area (Å²) in [6.07, 6.45) is 2.75. The second kappa shape index (κ2) is 7.33. The standard InChI is InChI=1S/C18H20FN3O2S/c1-10(11-5-2-3-7-13(11)19)21-9-15(23)22-18-16(17(20)24)12-6-4-8-14(12)25-18/h2-3,5,7,10,21H,4,6,8-9H2,1H3,(H2,20,24)(H,22,23)/t10-/m0/s1. The van der Waals surface area contributed by atoms with Crippen LogP contribution in [0.2, 0.25) is 0 Å². The van der Waals surface area contributed by atoms with Crippen LogP contribution in [0.5, 0.6) is 0 Å². The van der Waals surface area contributed by atoms with Gasteiger partial charge in [0, 0.05) is 16.5 Å². The molecule has 0 spiro atoms. The molecule has 1 heterocycles. The number of hydrogen-bond acceptors (Lipinski definition) is 4. The van der Waals surface area contributed by atoms with Gasteiger partial charge >= 0.3 is 0 Å². The number of thiophene rings is 1. The summed E-state index contributed by atoms with van der Waals surface area (Å²) in [5.41, 5.74) is 7.40. The van der Waals surface area contributed by atoms with Gasteiger partial charge in [0.05, 0.1) is 12.1 Å². The van der Waals surface area contributed by atoms with Crippen LogP contribution in [0.3, 0.4) is 0 Å². The summed E-state index contributed by atoms with van der Waals surface area (Å²) in [6.45, 7) is 1.80. The minimum absolute atomic E-state index is 0.0102. The molecule has 0 fully saturated rings. The molecule has 1 aliphatic rings. The third-order valence-corrected chi connectivity index (χ3v) is 5.57. The normalized spacial score (nSPS) is 14.2. The van der Waals surface area contributed by atoms with Gasteiger partial charge in [0.1, 0.15) is 10.8 Å². The van der Waals surface area contributed by atoms with Crippen LogP contribution in [-0.4, -0.2) is 18.4 Å². The van der Waals surface area contributed by atoms with Crippen molar-refractivity contribution in [2.45, 2.75) is 32.2 Å². The van der Waals surface area contributed by atoms with Gasteiger partial charge in [-0.25, -0.2) is 4.39 Å². The van der Waals surface area contributed by atoms with Crippen molar-refractivity contribution in [1.82, 2.24) is 5.32 Å². The summed E-state index contributed by atoms with van der Waals surface area (Å²) < 4.78 is 13.8. The molecular weight excluding hydrogens is 341 g/mol. The van der Waals surface area contributed by atoms with E-state index in [1.54, 1.807) is 25.1 Å². The molecule has 3 rings (SSSR count). The molecule has 0 saturated carbocycles. The maximum Gasteiger partial charge on any atom is 0.251 e. The number of nitrogens with two attached hydrogens (primary N) is 1. The Morgan fingerprint density at radius 1 is 1.32 bits per heavy atom. The Morgan fingerprint density at radius 3 is 2.80 bits per heavy atom. The third kappa shape index (κ3) is 3.72.